The number of rotatable bonds is 5. The largest absolute Gasteiger partial charge is 0.508 e. The Balaban J connectivity index is 2.10. The number of ether oxygens (including phenoxy) is 1. The summed E-state index contributed by atoms with van der Waals surface area (Å²) in [4.78, 5) is 0. The average molecular weight is 271 g/mol. The molecular formula is C17H21NO2. The molecule has 0 atom stereocenters. The van der Waals surface area contributed by atoms with Gasteiger partial charge in [0.1, 0.15) is 11.5 Å². The number of benzene rings is 2. The van der Waals surface area contributed by atoms with Gasteiger partial charge in [-0.05, 0) is 41.8 Å². The van der Waals surface area contributed by atoms with Gasteiger partial charge in [0.15, 0.2) is 0 Å². The molecule has 2 aromatic rings. The maximum absolute atomic E-state index is 9.86. The first-order valence-corrected chi connectivity index (χ1v) is 6.80. The first-order valence-electron chi connectivity index (χ1n) is 6.80. The van der Waals surface area contributed by atoms with E-state index in [4.69, 9.17) is 4.74 Å². The maximum Gasteiger partial charge on any atom is 0.120 e. The molecule has 0 heterocycles. The maximum atomic E-state index is 9.86. The Kier molecular flexibility index (Phi) is 4.51. The van der Waals surface area contributed by atoms with Crippen LogP contribution < -0.4 is 10.1 Å². The first kappa shape index (κ1) is 14.3. The molecule has 0 saturated carbocycles. The summed E-state index contributed by atoms with van der Waals surface area (Å²) in [5, 5.41) is 13.2. The molecule has 2 rings (SSSR count). The Morgan fingerprint density at radius 1 is 1.15 bits per heavy atom. The van der Waals surface area contributed by atoms with E-state index in [0.717, 1.165) is 17.0 Å². The van der Waals surface area contributed by atoms with E-state index in [1.807, 2.05) is 18.2 Å². The molecule has 0 saturated heterocycles. The van der Waals surface area contributed by atoms with E-state index in [-0.39, 0.29) is 5.75 Å². The highest BCUT2D eigenvalue weighted by molar-refractivity contribution is 5.48. The zero-order valence-electron chi connectivity index (χ0n) is 12.2. The van der Waals surface area contributed by atoms with E-state index in [2.05, 4.69) is 31.3 Å². The minimum absolute atomic E-state index is 0.276. The van der Waals surface area contributed by atoms with Gasteiger partial charge in [-0.25, -0.2) is 0 Å². The van der Waals surface area contributed by atoms with Crippen LogP contribution in [0.15, 0.2) is 42.5 Å². The van der Waals surface area contributed by atoms with Crippen LogP contribution in [0.2, 0.25) is 0 Å². The summed E-state index contributed by atoms with van der Waals surface area (Å²) in [5.41, 5.74) is 3.17. The van der Waals surface area contributed by atoms with Crippen molar-refractivity contribution in [2.24, 2.45) is 0 Å². The summed E-state index contributed by atoms with van der Waals surface area (Å²) in [6, 6.07) is 13.6. The molecule has 0 aliphatic heterocycles. The molecule has 0 bridgehead atoms. The standard InChI is InChI=1S/C17H21NO2/c1-12(2)13-5-4-6-15(9-13)18-11-14-10-16(20-3)7-8-17(14)19/h4-10,12,18-19H,11H2,1-3H3. The number of hydrogen-bond donors (Lipinski definition) is 2. The molecule has 0 aromatic heterocycles. The third kappa shape index (κ3) is 3.44. The molecule has 20 heavy (non-hydrogen) atoms. The van der Waals surface area contributed by atoms with Gasteiger partial charge >= 0.3 is 0 Å². The predicted octanol–water partition coefficient (Wildman–Crippen LogP) is 4.14. The van der Waals surface area contributed by atoms with Gasteiger partial charge in [-0.15, -0.1) is 0 Å². The Morgan fingerprint density at radius 2 is 1.95 bits per heavy atom. The van der Waals surface area contributed by atoms with Crippen LogP contribution in [0.1, 0.15) is 30.9 Å². The van der Waals surface area contributed by atoms with E-state index < -0.39 is 0 Å². The second-order valence-electron chi connectivity index (χ2n) is 5.13. The van der Waals surface area contributed by atoms with Crippen molar-refractivity contribution in [3.8, 4) is 11.5 Å². The number of aromatic hydroxyl groups is 1. The minimum Gasteiger partial charge on any atom is -0.508 e. The monoisotopic (exact) mass is 271 g/mol. The summed E-state index contributed by atoms with van der Waals surface area (Å²) in [7, 11) is 1.62. The van der Waals surface area contributed by atoms with Crippen molar-refractivity contribution in [1.82, 2.24) is 0 Å². The van der Waals surface area contributed by atoms with Crippen LogP contribution in [0.5, 0.6) is 11.5 Å². The fourth-order valence-electron chi connectivity index (χ4n) is 2.04. The highest BCUT2D eigenvalue weighted by Crippen LogP contribution is 2.24. The SMILES string of the molecule is COc1ccc(O)c(CNc2cccc(C(C)C)c2)c1. The fourth-order valence-corrected chi connectivity index (χ4v) is 2.04. The van der Waals surface area contributed by atoms with Gasteiger partial charge in [0.25, 0.3) is 0 Å². The van der Waals surface area contributed by atoms with Crippen molar-refractivity contribution in [2.45, 2.75) is 26.3 Å². The molecule has 0 spiro atoms. The molecule has 0 radical (unpaired) electrons. The highest BCUT2D eigenvalue weighted by atomic mass is 16.5. The van der Waals surface area contributed by atoms with E-state index >= 15 is 0 Å². The smallest absolute Gasteiger partial charge is 0.120 e. The second kappa shape index (κ2) is 6.33. The number of anilines is 1. The lowest BCUT2D eigenvalue weighted by molar-refractivity contribution is 0.411. The van der Waals surface area contributed by atoms with Crippen molar-refractivity contribution in [3.05, 3.63) is 53.6 Å². The summed E-state index contributed by atoms with van der Waals surface area (Å²) in [6.45, 7) is 4.91. The highest BCUT2D eigenvalue weighted by Gasteiger charge is 2.04. The number of nitrogens with one attached hydrogen (secondary N) is 1. The summed E-state index contributed by atoms with van der Waals surface area (Å²) in [5.74, 6) is 1.52. The molecule has 0 unspecified atom stereocenters. The molecule has 0 amide bonds. The van der Waals surface area contributed by atoms with Crippen LogP contribution in [0, 0.1) is 0 Å². The molecule has 2 N–H and O–H groups in total. The lowest BCUT2D eigenvalue weighted by Gasteiger charge is -2.12. The Morgan fingerprint density at radius 3 is 2.65 bits per heavy atom. The van der Waals surface area contributed by atoms with Gasteiger partial charge in [-0.1, -0.05) is 26.0 Å². The quantitative estimate of drug-likeness (QED) is 0.859. The molecule has 3 heteroatoms. The van der Waals surface area contributed by atoms with Gasteiger partial charge in [-0.3, -0.25) is 0 Å². The third-order valence-electron chi connectivity index (χ3n) is 3.32. The van der Waals surface area contributed by atoms with Gasteiger partial charge in [0.05, 0.1) is 7.11 Å². The molecule has 0 aliphatic carbocycles. The first-order chi connectivity index (χ1) is 9.60. The Hall–Kier alpha value is -2.16. The average Bonchev–Trinajstić information content (AvgIpc) is 2.46. The summed E-state index contributed by atoms with van der Waals surface area (Å²) < 4.78 is 5.17. The van der Waals surface area contributed by atoms with E-state index in [1.54, 1.807) is 19.2 Å². The minimum atomic E-state index is 0.276. The van der Waals surface area contributed by atoms with Crippen molar-refractivity contribution < 1.29 is 9.84 Å². The van der Waals surface area contributed by atoms with Crippen LogP contribution in [0.4, 0.5) is 5.69 Å². The van der Waals surface area contributed by atoms with Gasteiger partial charge in [0.2, 0.25) is 0 Å². The molecule has 3 nitrogen and oxygen atoms in total. The van der Waals surface area contributed by atoms with E-state index in [9.17, 15) is 5.11 Å². The zero-order valence-corrected chi connectivity index (χ0v) is 12.2. The van der Waals surface area contributed by atoms with Crippen LogP contribution in [0.25, 0.3) is 0 Å². The lowest BCUT2D eigenvalue weighted by atomic mass is 10.0. The summed E-state index contributed by atoms with van der Waals surface area (Å²) in [6.07, 6.45) is 0. The van der Waals surface area contributed by atoms with Crippen LogP contribution >= 0.6 is 0 Å². The number of hydrogen-bond acceptors (Lipinski definition) is 3. The van der Waals surface area contributed by atoms with Crippen molar-refractivity contribution >= 4 is 5.69 Å². The van der Waals surface area contributed by atoms with Crippen molar-refractivity contribution in [2.75, 3.05) is 12.4 Å². The van der Waals surface area contributed by atoms with Crippen LogP contribution in [-0.2, 0) is 6.54 Å². The van der Waals surface area contributed by atoms with Gasteiger partial charge in [0, 0.05) is 17.8 Å². The predicted molar refractivity (Wildman–Crippen MR) is 82.5 cm³/mol. The van der Waals surface area contributed by atoms with Crippen LogP contribution in [-0.4, -0.2) is 12.2 Å². The van der Waals surface area contributed by atoms with E-state index in [0.29, 0.717) is 12.5 Å². The molecular weight excluding hydrogens is 250 g/mol. The second-order valence-corrected chi connectivity index (χ2v) is 5.13. The third-order valence-corrected chi connectivity index (χ3v) is 3.32. The lowest BCUT2D eigenvalue weighted by Crippen LogP contribution is -2.01. The van der Waals surface area contributed by atoms with Crippen LogP contribution in [0.3, 0.4) is 0 Å². The zero-order chi connectivity index (χ0) is 14.5. The molecule has 0 aliphatic rings. The number of phenolic OH excluding ortho intramolecular Hbond substituents is 1. The van der Waals surface area contributed by atoms with Gasteiger partial charge < -0.3 is 15.2 Å². The normalized spacial score (nSPS) is 10.6. The fraction of sp³-hybridized carbons (Fsp3) is 0.294. The van der Waals surface area contributed by atoms with Crippen molar-refractivity contribution in [1.29, 1.82) is 0 Å². The molecule has 2 aromatic carbocycles. The molecule has 106 valence electrons. The Bertz CT molecular complexity index is 579. The van der Waals surface area contributed by atoms with Crippen molar-refractivity contribution in [3.63, 3.8) is 0 Å². The topological polar surface area (TPSA) is 41.5 Å². The number of phenols is 1. The Labute approximate surface area is 120 Å². The molecule has 0 fully saturated rings. The summed E-state index contributed by atoms with van der Waals surface area (Å²) >= 11 is 0. The number of methoxy groups -OCH3 is 1. The van der Waals surface area contributed by atoms with Gasteiger partial charge in [-0.2, -0.15) is 0 Å². The van der Waals surface area contributed by atoms with E-state index in [1.165, 1.54) is 5.56 Å².